The molecular formula is C33H27F9N4O4. The monoisotopic (exact) mass is 714 g/mol. The van der Waals surface area contributed by atoms with Crippen LogP contribution in [0.4, 0.5) is 50.3 Å². The molecule has 2 saturated heterocycles. The third-order valence-corrected chi connectivity index (χ3v) is 8.80. The van der Waals surface area contributed by atoms with Gasteiger partial charge in [-0.05, 0) is 90.4 Å². The van der Waals surface area contributed by atoms with Crippen molar-refractivity contribution in [2.45, 2.75) is 68.8 Å². The van der Waals surface area contributed by atoms with Gasteiger partial charge in [0, 0.05) is 12.0 Å². The number of aryl methyl sites for hydroxylation is 2. The van der Waals surface area contributed by atoms with Gasteiger partial charge < -0.3 is 19.6 Å². The van der Waals surface area contributed by atoms with Crippen LogP contribution < -0.4 is 10.5 Å². The van der Waals surface area contributed by atoms with E-state index in [-0.39, 0.29) is 60.5 Å². The second kappa shape index (κ2) is 12.7. The van der Waals surface area contributed by atoms with E-state index in [1.54, 1.807) is 18.2 Å². The molecule has 2 aliphatic heterocycles. The fourth-order valence-electron chi connectivity index (χ4n) is 6.58. The van der Waals surface area contributed by atoms with E-state index in [1.807, 2.05) is 0 Å². The number of fused-ring (bicyclic) bond motifs is 1. The van der Waals surface area contributed by atoms with Gasteiger partial charge in [-0.15, -0.1) is 5.10 Å². The number of alkyl halides is 9. The van der Waals surface area contributed by atoms with Gasteiger partial charge in [-0.2, -0.15) is 39.5 Å². The van der Waals surface area contributed by atoms with E-state index in [9.17, 15) is 44.3 Å². The van der Waals surface area contributed by atoms with Crippen LogP contribution in [0, 0.1) is 0 Å². The number of rotatable bonds is 7. The van der Waals surface area contributed by atoms with Crippen molar-refractivity contribution in [2.24, 2.45) is 0 Å². The van der Waals surface area contributed by atoms with Crippen LogP contribution in [0.15, 0.2) is 59.0 Å². The van der Waals surface area contributed by atoms with Crippen molar-refractivity contribution >= 4 is 12.1 Å². The summed E-state index contributed by atoms with van der Waals surface area (Å²) >= 11 is 0. The molecule has 2 aliphatic rings. The molecule has 1 aromatic heterocycles. The van der Waals surface area contributed by atoms with E-state index < -0.39 is 65.1 Å². The van der Waals surface area contributed by atoms with Crippen molar-refractivity contribution in [3.63, 3.8) is 0 Å². The Hall–Kier alpha value is -4.96. The van der Waals surface area contributed by atoms with Crippen molar-refractivity contribution in [1.29, 1.82) is 0 Å². The SMILES string of the molecule is COc1ccc(CCc2nnc(N)o2)cc1-c1ccc(C(F)(F)F)cc1[C@@H]1CCC[C@H]2[C@@H](c3cc(C(F)(F)F)cc(C(F)(F)F)c3)OC(=O)N12. The van der Waals surface area contributed by atoms with Gasteiger partial charge in [-0.1, -0.05) is 17.2 Å². The zero-order valence-corrected chi connectivity index (χ0v) is 25.9. The minimum absolute atomic E-state index is 0.0321. The largest absolute Gasteiger partial charge is 0.496 e. The van der Waals surface area contributed by atoms with Crippen LogP contribution in [-0.2, 0) is 36.1 Å². The minimum Gasteiger partial charge on any atom is -0.496 e. The predicted molar refractivity (Wildman–Crippen MR) is 157 cm³/mol. The number of nitrogens with two attached hydrogens (primary N) is 1. The minimum atomic E-state index is -5.15. The summed E-state index contributed by atoms with van der Waals surface area (Å²) < 4.78 is 141. The molecule has 17 heteroatoms. The molecule has 0 unspecified atom stereocenters. The number of piperidine rings is 1. The number of cyclic esters (lactones) is 1. The summed E-state index contributed by atoms with van der Waals surface area (Å²) in [5.41, 5.74) is 2.14. The first kappa shape index (κ1) is 34.9. The number of anilines is 1. The number of amides is 1. The molecule has 50 heavy (non-hydrogen) atoms. The van der Waals surface area contributed by atoms with Gasteiger partial charge in [0.15, 0.2) is 0 Å². The lowest BCUT2D eigenvalue weighted by molar-refractivity contribution is -0.143. The summed E-state index contributed by atoms with van der Waals surface area (Å²) in [6.07, 6.45) is -16.6. The molecule has 0 spiro atoms. The summed E-state index contributed by atoms with van der Waals surface area (Å²) in [6, 6.07) is 6.71. The number of benzene rings is 3. The van der Waals surface area contributed by atoms with Gasteiger partial charge in [0.05, 0.1) is 35.9 Å². The third kappa shape index (κ3) is 6.89. The Morgan fingerprint density at radius 1 is 0.820 bits per heavy atom. The number of nitrogen functional groups attached to an aromatic ring is 1. The van der Waals surface area contributed by atoms with Gasteiger partial charge in [0.2, 0.25) is 5.89 Å². The lowest BCUT2D eigenvalue weighted by atomic mass is 9.83. The summed E-state index contributed by atoms with van der Waals surface area (Å²) in [5.74, 6) is 0.545. The van der Waals surface area contributed by atoms with E-state index in [4.69, 9.17) is 19.6 Å². The maximum absolute atomic E-state index is 14.1. The lowest BCUT2D eigenvalue weighted by Crippen LogP contribution is -2.41. The number of carbonyl (C=O) groups excluding carboxylic acids is 1. The molecule has 3 aromatic carbocycles. The molecule has 8 nitrogen and oxygen atoms in total. The molecule has 0 saturated carbocycles. The van der Waals surface area contributed by atoms with Crippen LogP contribution in [0.3, 0.4) is 0 Å². The van der Waals surface area contributed by atoms with Crippen molar-refractivity contribution < 1.29 is 58.2 Å². The average Bonchev–Trinajstić information content (AvgIpc) is 3.64. The Bertz CT molecular complexity index is 1870. The molecule has 3 heterocycles. The first-order valence-electron chi connectivity index (χ1n) is 15.2. The summed E-state index contributed by atoms with van der Waals surface area (Å²) in [4.78, 5) is 14.6. The van der Waals surface area contributed by atoms with Crippen LogP contribution in [0.5, 0.6) is 5.75 Å². The van der Waals surface area contributed by atoms with Gasteiger partial charge in [0.1, 0.15) is 11.9 Å². The number of hydrogen-bond donors (Lipinski definition) is 1. The van der Waals surface area contributed by atoms with Crippen molar-refractivity contribution in [3.8, 4) is 16.9 Å². The molecule has 3 atom stereocenters. The normalized spacial score (nSPS) is 19.8. The molecule has 4 aromatic rings. The van der Waals surface area contributed by atoms with Crippen molar-refractivity contribution in [1.82, 2.24) is 15.1 Å². The van der Waals surface area contributed by atoms with Crippen LogP contribution >= 0.6 is 0 Å². The van der Waals surface area contributed by atoms with Crippen LogP contribution in [0.2, 0.25) is 0 Å². The highest BCUT2D eigenvalue weighted by atomic mass is 19.4. The van der Waals surface area contributed by atoms with Gasteiger partial charge in [-0.3, -0.25) is 4.90 Å². The Balaban J connectivity index is 1.43. The van der Waals surface area contributed by atoms with E-state index in [0.717, 1.165) is 17.0 Å². The average molecular weight is 715 g/mol. The molecule has 2 fully saturated rings. The first-order valence-corrected chi connectivity index (χ1v) is 15.2. The lowest BCUT2D eigenvalue weighted by Gasteiger charge is -2.38. The Kier molecular flexibility index (Phi) is 8.89. The van der Waals surface area contributed by atoms with Gasteiger partial charge in [-0.25, -0.2) is 4.79 Å². The number of aromatic nitrogens is 2. The highest BCUT2D eigenvalue weighted by molar-refractivity contribution is 5.77. The Morgan fingerprint density at radius 2 is 1.50 bits per heavy atom. The van der Waals surface area contributed by atoms with Crippen LogP contribution in [0.1, 0.15) is 70.7 Å². The number of methoxy groups -OCH3 is 1. The molecule has 0 aliphatic carbocycles. The smallest absolute Gasteiger partial charge is 0.416 e. The quantitative estimate of drug-likeness (QED) is 0.191. The fourth-order valence-corrected chi connectivity index (χ4v) is 6.58. The van der Waals surface area contributed by atoms with E-state index in [0.29, 0.717) is 29.7 Å². The van der Waals surface area contributed by atoms with Gasteiger partial charge >= 0.3 is 30.6 Å². The van der Waals surface area contributed by atoms with E-state index in [1.165, 1.54) is 13.2 Å². The summed E-state index contributed by atoms with van der Waals surface area (Å²) in [7, 11) is 1.37. The number of halogens is 9. The second-order valence-corrected chi connectivity index (χ2v) is 11.9. The molecule has 266 valence electrons. The zero-order chi connectivity index (χ0) is 36.2. The number of ether oxygens (including phenoxy) is 2. The van der Waals surface area contributed by atoms with Crippen LogP contribution in [0.25, 0.3) is 11.1 Å². The van der Waals surface area contributed by atoms with E-state index in [2.05, 4.69) is 10.2 Å². The number of nitrogens with zero attached hydrogens (tertiary/aromatic N) is 3. The highest BCUT2D eigenvalue weighted by Gasteiger charge is 2.50. The zero-order valence-electron chi connectivity index (χ0n) is 25.9. The molecule has 6 rings (SSSR count). The molecule has 0 bridgehead atoms. The second-order valence-electron chi connectivity index (χ2n) is 11.9. The van der Waals surface area contributed by atoms with E-state index >= 15 is 0 Å². The topological polar surface area (TPSA) is 104 Å². The summed E-state index contributed by atoms with van der Waals surface area (Å²) in [5, 5.41) is 7.43. The fraction of sp³-hybridized carbons (Fsp3) is 0.364. The number of carbonyl (C=O) groups is 1. The molecule has 1 amide bonds. The van der Waals surface area contributed by atoms with Crippen molar-refractivity contribution in [2.75, 3.05) is 12.8 Å². The summed E-state index contributed by atoms with van der Waals surface area (Å²) in [6.45, 7) is 0. The maximum Gasteiger partial charge on any atom is 0.416 e. The van der Waals surface area contributed by atoms with Crippen LogP contribution in [-0.4, -0.2) is 34.3 Å². The highest BCUT2D eigenvalue weighted by Crippen LogP contribution is 2.50. The standard InChI is InChI=1S/C33H27F9N4O4/c1-48-26-9-5-16(6-10-27-44-45-29(43)49-27)11-23(26)21-8-7-18(31(34,35)36)15-22(21)24-3-2-4-25-28(50-30(47)46(24)25)17-12-19(32(37,38)39)14-20(13-17)33(40,41)42/h5,7-9,11-15,24-25,28H,2-4,6,10H2,1H3,(H2,43,45)/t24-,25-,28+/m0/s1. The molecular weight excluding hydrogens is 687 g/mol. The number of hydrogen-bond acceptors (Lipinski definition) is 7. The van der Waals surface area contributed by atoms with Crippen molar-refractivity contribution in [3.05, 3.63) is 93.9 Å². The van der Waals surface area contributed by atoms with Gasteiger partial charge in [0.25, 0.3) is 0 Å². The predicted octanol–water partition coefficient (Wildman–Crippen LogP) is 8.96. The first-order chi connectivity index (χ1) is 23.4. The maximum atomic E-state index is 14.1. The molecule has 0 radical (unpaired) electrons. The Morgan fingerprint density at radius 3 is 2.10 bits per heavy atom. The Labute approximate surface area is 278 Å². The molecule has 2 N–H and O–H groups in total. The third-order valence-electron chi connectivity index (χ3n) is 8.80.